The first kappa shape index (κ1) is 22.0. The molecule has 2 aromatic carbocycles. The third-order valence-electron chi connectivity index (χ3n) is 5.51. The van der Waals surface area contributed by atoms with Gasteiger partial charge in [-0.05, 0) is 43.5 Å². The van der Waals surface area contributed by atoms with Crippen LogP contribution in [-0.2, 0) is 35.3 Å². The third kappa shape index (κ3) is 3.51. The summed E-state index contributed by atoms with van der Waals surface area (Å²) in [5.41, 5.74) is -0.258. The molecule has 6 nitrogen and oxygen atoms in total. The number of ether oxygens (including phenoxy) is 2. The van der Waals surface area contributed by atoms with Gasteiger partial charge >= 0.3 is 11.9 Å². The first-order chi connectivity index (χ1) is 14.3. The summed E-state index contributed by atoms with van der Waals surface area (Å²) >= 11 is 0. The van der Waals surface area contributed by atoms with Gasteiger partial charge in [0.15, 0.2) is 15.3 Å². The number of hydrogen-bond acceptors (Lipinski definition) is 6. The molecule has 160 valence electrons. The molecule has 7 heteroatoms. The van der Waals surface area contributed by atoms with Crippen molar-refractivity contribution < 1.29 is 27.5 Å². The summed E-state index contributed by atoms with van der Waals surface area (Å²) in [5.74, 6) is -2.61. The van der Waals surface area contributed by atoms with E-state index in [0.29, 0.717) is 5.56 Å². The van der Waals surface area contributed by atoms with Crippen molar-refractivity contribution in [3.05, 3.63) is 65.7 Å². The largest absolute Gasteiger partial charge is 0.465 e. The van der Waals surface area contributed by atoms with Crippen LogP contribution in [0, 0.1) is 5.41 Å². The van der Waals surface area contributed by atoms with Gasteiger partial charge in [0, 0.05) is 5.92 Å². The van der Waals surface area contributed by atoms with E-state index < -0.39 is 38.4 Å². The lowest BCUT2D eigenvalue weighted by Crippen LogP contribution is -2.35. The van der Waals surface area contributed by atoms with Crippen molar-refractivity contribution in [1.29, 1.82) is 0 Å². The lowest BCUT2D eigenvalue weighted by atomic mass is 9.98. The molecule has 0 radical (unpaired) electrons. The van der Waals surface area contributed by atoms with Crippen molar-refractivity contribution in [2.45, 2.75) is 43.3 Å². The average Bonchev–Trinajstić information content (AvgIpc) is 3.47. The lowest BCUT2D eigenvalue weighted by molar-refractivity contribution is -0.164. The second-order valence-corrected chi connectivity index (χ2v) is 9.23. The Balaban J connectivity index is 2.18. The maximum absolute atomic E-state index is 13.5. The Morgan fingerprint density at radius 3 is 1.87 bits per heavy atom. The van der Waals surface area contributed by atoms with Gasteiger partial charge in [-0.2, -0.15) is 0 Å². The van der Waals surface area contributed by atoms with Gasteiger partial charge in [-0.15, -0.1) is 0 Å². The van der Waals surface area contributed by atoms with Gasteiger partial charge in [0.2, 0.25) is 0 Å². The fourth-order valence-electron chi connectivity index (χ4n) is 4.01. The van der Waals surface area contributed by atoms with E-state index in [1.807, 2.05) is 19.1 Å². The molecule has 0 aliphatic heterocycles. The molecule has 1 fully saturated rings. The van der Waals surface area contributed by atoms with Gasteiger partial charge in [0.25, 0.3) is 0 Å². The van der Waals surface area contributed by atoms with Crippen molar-refractivity contribution in [3.8, 4) is 0 Å². The molecule has 1 aliphatic carbocycles. The molecular weight excluding hydrogens is 404 g/mol. The van der Waals surface area contributed by atoms with E-state index in [1.54, 1.807) is 44.2 Å². The SMILES string of the molecule is CCOC(=O)C1(C(=O)OCC)[C@@H](c2ccc(CC)cc2)[C@@H]1S(=O)(=O)c1ccccc1. The highest BCUT2D eigenvalue weighted by Gasteiger charge is 2.81. The first-order valence-corrected chi connectivity index (χ1v) is 11.6. The molecule has 0 saturated heterocycles. The molecule has 0 aromatic heterocycles. The number of benzene rings is 2. The van der Waals surface area contributed by atoms with Crippen LogP contribution in [-0.4, -0.2) is 38.8 Å². The van der Waals surface area contributed by atoms with Crippen molar-refractivity contribution in [3.63, 3.8) is 0 Å². The molecule has 1 saturated carbocycles. The number of aryl methyl sites for hydroxylation is 1. The number of carbonyl (C=O) groups is 2. The summed E-state index contributed by atoms with van der Waals surface area (Å²) in [4.78, 5) is 26.2. The van der Waals surface area contributed by atoms with Crippen LogP contribution >= 0.6 is 0 Å². The summed E-state index contributed by atoms with van der Waals surface area (Å²) in [7, 11) is -4.01. The van der Waals surface area contributed by atoms with Gasteiger partial charge in [-0.25, -0.2) is 8.42 Å². The van der Waals surface area contributed by atoms with Crippen molar-refractivity contribution in [2.24, 2.45) is 5.41 Å². The van der Waals surface area contributed by atoms with Gasteiger partial charge < -0.3 is 9.47 Å². The fraction of sp³-hybridized carbons (Fsp3) is 0.391. The second kappa shape index (κ2) is 8.60. The molecule has 3 rings (SSSR count). The van der Waals surface area contributed by atoms with E-state index in [9.17, 15) is 18.0 Å². The number of rotatable bonds is 8. The van der Waals surface area contributed by atoms with E-state index >= 15 is 0 Å². The Hall–Kier alpha value is -2.67. The van der Waals surface area contributed by atoms with Crippen LogP contribution in [0.1, 0.15) is 37.8 Å². The van der Waals surface area contributed by atoms with Crippen LogP contribution in [0.15, 0.2) is 59.5 Å². The third-order valence-corrected chi connectivity index (χ3v) is 7.75. The Bertz CT molecular complexity index is 993. The van der Waals surface area contributed by atoms with Gasteiger partial charge in [0.1, 0.15) is 5.25 Å². The normalized spacial score (nSPS) is 19.7. The van der Waals surface area contributed by atoms with Crippen LogP contribution in [0.4, 0.5) is 0 Å². The number of esters is 2. The smallest absolute Gasteiger partial charge is 0.325 e. The average molecular weight is 431 g/mol. The zero-order valence-electron chi connectivity index (χ0n) is 17.3. The molecule has 0 amide bonds. The molecule has 0 bridgehead atoms. The standard InChI is InChI=1S/C23H26O6S/c1-4-16-12-14-17(15-13-16)19-20(30(26,27)18-10-8-7-9-11-18)23(19,21(24)28-5-2)22(25)29-6-3/h7-15,19-20H,4-6H2,1-3H3/t19-,20-/m0/s1. The highest BCUT2D eigenvalue weighted by molar-refractivity contribution is 7.92. The van der Waals surface area contributed by atoms with Crippen LogP contribution in [0.25, 0.3) is 0 Å². The Labute approximate surface area is 177 Å². The minimum absolute atomic E-state index is 0.0274. The maximum Gasteiger partial charge on any atom is 0.325 e. The molecule has 0 heterocycles. The quantitative estimate of drug-likeness (QED) is 0.472. The Morgan fingerprint density at radius 1 is 0.867 bits per heavy atom. The topological polar surface area (TPSA) is 86.7 Å². The molecular formula is C23H26O6S. The summed E-state index contributed by atoms with van der Waals surface area (Å²) in [5, 5.41) is -1.29. The number of carbonyl (C=O) groups excluding carboxylic acids is 2. The minimum atomic E-state index is -4.01. The van der Waals surface area contributed by atoms with Crippen molar-refractivity contribution in [1.82, 2.24) is 0 Å². The van der Waals surface area contributed by atoms with Crippen LogP contribution in [0.3, 0.4) is 0 Å². The Kier molecular flexibility index (Phi) is 6.31. The second-order valence-electron chi connectivity index (χ2n) is 7.16. The molecule has 0 spiro atoms. The first-order valence-electron chi connectivity index (χ1n) is 10.1. The van der Waals surface area contributed by atoms with Gasteiger partial charge in [-0.3, -0.25) is 9.59 Å². The van der Waals surface area contributed by atoms with Crippen LogP contribution < -0.4 is 0 Å². The minimum Gasteiger partial charge on any atom is -0.465 e. The van der Waals surface area contributed by atoms with E-state index in [4.69, 9.17) is 9.47 Å². The summed E-state index contributed by atoms with van der Waals surface area (Å²) in [6.07, 6.45) is 0.817. The van der Waals surface area contributed by atoms with E-state index in [-0.39, 0.29) is 18.1 Å². The molecule has 1 aliphatic rings. The van der Waals surface area contributed by atoms with Gasteiger partial charge in [-0.1, -0.05) is 49.4 Å². The molecule has 2 aromatic rings. The predicted octanol–water partition coefficient (Wildman–Crippen LogP) is 3.30. The lowest BCUT2D eigenvalue weighted by Gasteiger charge is -2.15. The molecule has 2 atom stereocenters. The summed E-state index contributed by atoms with van der Waals surface area (Å²) < 4.78 is 37.4. The summed E-state index contributed by atoms with van der Waals surface area (Å²) in [6, 6.07) is 15.2. The van der Waals surface area contributed by atoms with Gasteiger partial charge in [0.05, 0.1) is 18.1 Å². The highest BCUT2D eigenvalue weighted by atomic mass is 32.2. The van der Waals surface area contributed by atoms with Crippen molar-refractivity contribution in [2.75, 3.05) is 13.2 Å². The zero-order chi connectivity index (χ0) is 21.9. The van der Waals surface area contributed by atoms with E-state index in [2.05, 4.69) is 0 Å². The van der Waals surface area contributed by atoms with Crippen molar-refractivity contribution >= 4 is 21.8 Å². The fourth-order valence-corrected chi connectivity index (χ4v) is 6.32. The molecule has 0 unspecified atom stereocenters. The Morgan fingerprint density at radius 2 is 1.40 bits per heavy atom. The maximum atomic E-state index is 13.5. The number of sulfone groups is 1. The molecule has 0 N–H and O–H groups in total. The van der Waals surface area contributed by atoms with E-state index in [1.165, 1.54) is 12.1 Å². The monoisotopic (exact) mass is 430 g/mol. The predicted molar refractivity (Wildman–Crippen MR) is 112 cm³/mol. The highest BCUT2D eigenvalue weighted by Crippen LogP contribution is 2.65. The molecule has 30 heavy (non-hydrogen) atoms. The number of hydrogen-bond donors (Lipinski definition) is 0. The van der Waals surface area contributed by atoms with E-state index in [0.717, 1.165) is 12.0 Å². The summed E-state index contributed by atoms with van der Waals surface area (Å²) in [6.45, 7) is 5.30. The van der Waals surface area contributed by atoms with Crippen LogP contribution in [0.5, 0.6) is 0 Å². The van der Waals surface area contributed by atoms with Crippen LogP contribution in [0.2, 0.25) is 0 Å². The zero-order valence-corrected chi connectivity index (χ0v) is 18.1.